The van der Waals surface area contributed by atoms with Gasteiger partial charge in [0.15, 0.2) is 12.4 Å². The lowest BCUT2D eigenvalue weighted by molar-refractivity contribution is -0.119. The van der Waals surface area contributed by atoms with Gasteiger partial charge < -0.3 is 14.8 Å². The first-order chi connectivity index (χ1) is 14.7. The number of carbonyl (C=O) groups excluding carboxylic acids is 2. The van der Waals surface area contributed by atoms with Crippen LogP contribution in [0.25, 0.3) is 0 Å². The zero-order chi connectivity index (χ0) is 22.4. The van der Waals surface area contributed by atoms with Crippen molar-refractivity contribution in [3.05, 3.63) is 83.9 Å². The number of ether oxygens (including phenoxy) is 2. The molecule has 3 aromatic rings. The number of rotatable bonds is 7. The summed E-state index contributed by atoms with van der Waals surface area (Å²) in [4.78, 5) is 24.3. The standard InChI is InChI=1S/C22H20N2O6S/c1-15-11-12-16(13-20(15)31(23,27)28)22(26)29-14-21(25)24-18-9-5-6-10-19(18)30-17-7-3-2-4-8-17/h2-13H,14H2,1H3,(H,24,25)(H2,23,27,28). The van der Waals surface area contributed by atoms with Crippen LogP contribution in [-0.4, -0.2) is 26.9 Å². The van der Waals surface area contributed by atoms with E-state index >= 15 is 0 Å². The SMILES string of the molecule is Cc1ccc(C(=O)OCC(=O)Nc2ccccc2Oc2ccccc2)cc1S(N)(=O)=O. The van der Waals surface area contributed by atoms with Crippen molar-refractivity contribution in [1.82, 2.24) is 0 Å². The molecule has 9 heteroatoms. The van der Waals surface area contributed by atoms with Crippen molar-refractivity contribution >= 4 is 27.6 Å². The van der Waals surface area contributed by atoms with Crippen molar-refractivity contribution in [2.45, 2.75) is 11.8 Å². The van der Waals surface area contributed by atoms with E-state index in [1.54, 1.807) is 43.3 Å². The maximum atomic E-state index is 12.3. The quantitative estimate of drug-likeness (QED) is 0.544. The van der Waals surface area contributed by atoms with E-state index in [2.05, 4.69) is 5.32 Å². The minimum absolute atomic E-state index is 0.0322. The van der Waals surface area contributed by atoms with Gasteiger partial charge in [0.1, 0.15) is 5.75 Å². The molecule has 0 aromatic heterocycles. The normalized spacial score (nSPS) is 10.9. The lowest BCUT2D eigenvalue weighted by Gasteiger charge is -2.12. The second-order valence-electron chi connectivity index (χ2n) is 6.56. The van der Waals surface area contributed by atoms with E-state index in [0.29, 0.717) is 22.7 Å². The van der Waals surface area contributed by atoms with Crippen LogP contribution in [-0.2, 0) is 19.6 Å². The topological polar surface area (TPSA) is 125 Å². The molecule has 0 bridgehead atoms. The minimum atomic E-state index is -3.99. The number of sulfonamides is 1. The molecule has 160 valence electrons. The van der Waals surface area contributed by atoms with Crippen LogP contribution in [0.1, 0.15) is 15.9 Å². The Bertz CT molecular complexity index is 1210. The molecule has 3 aromatic carbocycles. The predicted octanol–water partition coefficient (Wildman–Crippen LogP) is 3.23. The average Bonchev–Trinajstić information content (AvgIpc) is 2.73. The zero-order valence-corrected chi connectivity index (χ0v) is 17.4. The van der Waals surface area contributed by atoms with Gasteiger partial charge in [-0.3, -0.25) is 4.79 Å². The van der Waals surface area contributed by atoms with Crippen LogP contribution in [0.2, 0.25) is 0 Å². The molecule has 0 spiro atoms. The predicted molar refractivity (Wildman–Crippen MR) is 114 cm³/mol. The zero-order valence-electron chi connectivity index (χ0n) is 16.6. The third-order valence-corrected chi connectivity index (χ3v) is 5.25. The minimum Gasteiger partial charge on any atom is -0.455 e. The van der Waals surface area contributed by atoms with Gasteiger partial charge in [0.05, 0.1) is 16.1 Å². The van der Waals surface area contributed by atoms with Gasteiger partial charge in [-0.15, -0.1) is 0 Å². The summed E-state index contributed by atoms with van der Waals surface area (Å²) in [6, 6.07) is 19.8. The van der Waals surface area contributed by atoms with Crippen LogP contribution < -0.4 is 15.2 Å². The molecule has 0 aliphatic carbocycles. The molecule has 3 N–H and O–H groups in total. The Morgan fingerprint density at radius 3 is 2.35 bits per heavy atom. The summed E-state index contributed by atoms with van der Waals surface area (Å²) in [6.07, 6.45) is 0. The van der Waals surface area contributed by atoms with Crippen LogP contribution >= 0.6 is 0 Å². The highest BCUT2D eigenvalue weighted by Gasteiger charge is 2.17. The first kappa shape index (κ1) is 22.0. The number of carbonyl (C=O) groups is 2. The van der Waals surface area contributed by atoms with Gasteiger partial charge >= 0.3 is 5.97 Å². The number of esters is 1. The number of nitrogens with one attached hydrogen (secondary N) is 1. The van der Waals surface area contributed by atoms with E-state index in [1.165, 1.54) is 12.1 Å². The third-order valence-electron chi connectivity index (χ3n) is 4.20. The Kier molecular flexibility index (Phi) is 6.68. The molecule has 8 nitrogen and oxygen atoms in total. The smallest absolute Gasteiger partial charge is 0.338 e. The van der Waals surface area contributed by atoms with E-state index in [1.807, 2.05) is 18.2 Å². The maximum Gasteiger partial charge on any atom is 0.338 e. The number of hydrogen-bond donors (Lipinski definition) is 2. The average molecular weight is 440 g/mol. The van der Waals surface area contributed by atoms with E-state index in [9.17, 15) is 18.0 Å². The highest BCUT2D eigenvalue weighted by Crippen LogP contribution is 2.29. The third kappa shape index (κ3) is 5.91. The second-order valence-corrected chi connectivity index (χ2v) is 8.09. The summed E-state index contributed by atoms with van der Waals surface area (Å²) in [5, 5.41) is 7.77. The van der Waals surface area contributed by atoms with Crippen LogP contribution in [0.4, 0.5) is 5.69 Å². The Morgan fingerprint density at radius 1 is 0.968 bits per heavy atom. The highest BCUT2D eigenvalue weighted by molar-refractivity contribution is 7.89. The van der Waals surface area contributed by atoms with Crippen molar-refractivity contribution in [2.75, 3.05) is 11.9 Å². The van der Waals surface area contributed by atoms with Crippen LogP contribution in [0, 0.1) is 6.92 Å². The number of amides is 1. The summed E-state index contributed by atoms with van der Waals surface area (Å²) < 4.78 is 34.0. The van der Waals surface area contributed by atoms with Gasteiger partial charge in [0.25, 0.3) is 5.91 Å². The lowest BCUT2D eigenvalue weighted by Crippen LogP contribution is -2.21. The van der Waals surface area contributed by atoms with Gasteiger partial charge in [-0.05, 0) is 48.9 Å². The first-order valence-electron chi connectivity index (χ1n) is 9.16. The molecule has 31 heavy (non-hydrogen) atoms. The summed E-state index contributed by atoms with van der Waals surface area (Å²) in [6.45, 7) is 0.981. The Morgan fingerprint density at radius 2 is 1.65 bits per heavy atom. The number of aryl methyl sites for hydroxylation is 1. The molecule has 0 heterocycles. The number of primary sulfonamides is 1. The Balaban J connectivity index is 1.64. The second kappa shape index (κ2) is 9.41. The fraction of sp³-hybridized carbons (Fsp3) is 0.0909. The van der Waals surface area contributed by atoms with Crippen molar-refractivity contribution in [3.63, 3.8) is 0 Å². The molecule has 0 saturated carbocycles. The van der Waals surface area contributed by atoms with Crippen LogP contribution in [0.5, 0.6) is 11.5 Å². The number of nitrogens with two attached hydrogens (primary N) is 1. The molecule has 0 unspecified atom stereocenters. The Hall–Kier alpha value is -3.69. The van der Waals surface area contributed by atoms with E-state index in [0.717, 1.165) is 6.07 Å². The summed E-state index contributed by atoms with van der Waals surface area (Å²) in [7, 11) is -3.99. The molecule has 0 saturated heterocycles. The monoisotopic (exact) mass is 440 g/mol. The van der Waals surface area contributed by atoms with E-state index in [4.69, 9.17) is 14.6 Å². The molecule has 0 aliphatic rings. The number of anilines is 1. The first-order valence-corrected chi connectivity index (χ1v) is 10.7. The van der Waals surface area contributed by atoms with Crippen molar-refractivity contribution in [1.29, 1.82) is 0 Å². The van der Waals surface area contributed by atoms with Gasteiger partial charge in [0, 0.05) is 0 Å². The molecule has 0 atom stereocenters. The molecular weight excluding hydrogens is 420 g/mol. The van der Waals surface area contributed by atoms with Gasteiger partial charge in [0.2, 0.25) is 10.0 Å². The number of hydrogen-bond acceptors (Lipinski definition) is 6. The largest absolute Gasteiger partial charge is 0.455 e. The van der Waals surface area contributed by atoms with Crippen molar-refractivity contribution in [3.8, 4) is 11.5 Å². The summed E-state index contributed by atoms with van der Waals surface area (Å²) in [5.41, 5.74) is 0.765. The van der Waals surface area contributed by atoms with E-state index < -0.39 is 28.5 Å². The molecular formula is C22H20N2O6S. The fourth-order valence-corrected chi connectivity index (χ4v) is 3.52. The van der Waals surface area contributed by atoms with Crippen molar-refractivity contribution < 1.29 is 27.5 Å². The van der Waals surface area contributed by atoms with Gasteiger partial charge in [-0.25, -0.2) is 18.4 Å². The molecule has 0 radical (unpaired) electrons. The molecule has 1 amide bonds. The van der Waals surface area contributed by atoms with Crippen molar-refractivity contribution in [2.24, 2.45) is 5.14 Å². The lowest BCUT2D eigenvalue weighted by atomic mass is 10.1. The number of para-hydroxylation sites is 3. The van der Waals surface area contributed by atoms with E-state index in [-0.39, 0.29) is 10.5 Å². The highest BCUT2D eigenvalue weighted by atomic mass is 32.2. The molecule has 0 fully saturated rings. The summed E-state index contributed by atoms with van der Waals surface area (Å²) in [5.74, 6) is -0.421. The molecule has 3 rings (SSSR count). The fourth-order valence-electron chi connectivity index (χ4n) is 2.71. The molecule has 0 aliphatic heterocycles. The van der Waals surface area contributed by atoms with Gasteiger partial charge in [-0.2, -0.15) is 0 Å². The summed E-state index contributed by atoms with van der Waals surface area (Å²) >= 11 is 0. The van der Waals surface area contributed by atoms with Gasteiger partial charge in [-0.1, -0.05) is 36.4 Å². The van der Waals surface area contributed by atoms with Crippen LogP contribution in [0.15, 0.2) is 77.7 Å². The van der Waals surface area contributed by atoms with Crippen LogP contribution in [0.3, 0.4) is 0 Å². The number of benzene rings is 3. The Labute approximate surface area is 179 Å². The maximum absolute atomic E-state index is 12.3.